The first-order valence-corrected chi connectivity index (χ1v) is 6.63. The van der Waals surface area contributed by atoms with Crippen LogP contribution in [0.1, 0.15) is 52.6 Å². The summed E-state index contributed by atoms with van der Waals surface area (Å²) in [5, 5.41) is 17.0. The fraction of sp³-hybridized carbons (Fsp3) is 0.400. The molecule has 0 saturated carbocycles. The molecule has 20 heavy (non-hydrogen) atoms. The molecule has 0 aliphatic heterocycles. The Labute approximate surface area is 118 Å². The lowest BCUT2D eigenvalue weighted by Crippen LogP contribution is -2.11. The first-order chi connectivity index (χ1) is 9.40. The Kier molecular flexibility index (Phi) is 3.88. The Bertz CT molecular complexity index is 645. The first kappa shape index (κ1) is 14.2. The number of hydrogen-bond acceptors (Lipinski definition) is 3. The largest absolute Gasteiger partial charge is 0.476 e. The van der Waals surface area contributed by atoms with E-state index < -0.39 is 5.97 Å². The minimum Gasteiger partial charge on any atom is -0.476 e. The molecule has 1 aromatic heterocycles. The van der Waals surface area contributed by atoms with E-state index >= 15 is 0 Å². The summed E-state index contributed by atoms with van der Waals surface area (Å²) in [7, 11) is 0. The Balaban J connectivity index is 2.43. The maximum absolute atomic E-state index is 11.2. The Hall–Kier alpha value is -2.17. The van der Waals surface area contributed by atoms with Crippen LogP contribution in [0.2, 0.25) is 0 Å². The van der Waals surface area contributed by atoms with Crippen molar-refractivity contribution in [3.8, 4) is 0 Å². The van der Waals surface area contributed by atoms with Gasteiger partial charge in [-0.1, -0.05) is 42.8 Å². The molecule has 0 radical (unpaired) electrons. The third-order valence-electron chi connectivity index (χ3n) is 3.35. The van der Waals surface area contributed by atoms with Gasteiger partial charge in [-0.15, -0.1) is 5.10 Å². The van der Waals surface area contributed by atoms with Crippen molar-refractivity contribution in [1.29, 1.82) is 0 Å². The smallest absolute Gasteiger partial charge is 0.358 e. The Morgan fingerprint density at radius 3 is 2.65 bits per heavy atom. The molecule has 5 nitrogen and oxygen atoms in total. The molecule has 1 aromatic carbocycles. The molecule has 1 heterocycles. The van der Waals surface area contributed by atoms with E-state index in [0.717, 1.165) is 11.1 Å². The molecule has 0 bridgehead atoms. The van der Waals surface area contributed by atoms with Gasteiger partial charge >= 0.3 is 5.97 Å². The van der Waals surface area contributed by atoms with E-state index in [2.05, 4.69) is 28.5 Å². The molecule has 0 aliphatic rings. The van der Waals surface area contributed by atoms with Gasteiger partial charge in [-0.05, 0) is 30.9 Å². The van der Waals surface area contributed by atoms with Gasteiger partial charge in [-0.3, -0.25) is 0 Å². The minimum atomic E-state index is -1.03. The van der Waals surface area contributed by atoms with Crippen molar-refractivity contribution in [2.75, 3.05) is 0 Å². The summed E-state index contributed by atoms with van der Waals surface area (Å²) < 4.78 is 1.69. The van der Waals surface area contributed by atoms with E-state index in [1.165, 1.54) is 5.56 Å². The molecule has 0 unspecified atom stereocenters. The highest BCUT2D eigenvalue weighted by atomic mass is 16.4. The van der Waals surface area contributed by atoms with E-state index in [1.54, 1.807) is 4.68 Å². The summed E-state index contributed by atoms with van der Waals surface area (Å²) in [6.45, 7) is 8.52. The summed E-state index contributed by atoms with van der Waals surface area (Å²) in [5.41, 5.74) is 4.19. The number of rotatable bonds is 4. The second-order valence-corrected chi connectivity index (χ2v) is 5.37. The van der Waals surface area contributed by atoms with Crippen LogP contribution in [0.5, 0.6) is 0 Å². The minimum absolute atomic E-state index is 0.0466. The van der Waals surface area contributed by atoms with Crippen LogP contribution >= 0.6 is 0 Å². The fourth-order valence-electron chi connectivity index (χ4n) is 2.29. The zero-order valence-corrected chi connectivity index (χ0v) is 12.2. The number of aryl methyl sites for hydroxylation is 2. The molecule has 0 atom stereocenters. The summed E-state index contributed by atoms with van der Waals surface area (Å²) in [4.78, 5) is 11.2. The number of nitrogens with zero attached hydrogens (tertiary/aromatic N) is 3. The van der Waals surface area contributed by atoms with Crippen molar-refractivity contribution in [2.45, 2.75) is 40.2 Å². The van der Waals surface area contributed by atoms with Gasteiger partial charge < -0.3 is 5.11 Å². The highest BCUT2D eigenvalue weighted by molar-refractivity contribution is 5.86. The summed E-state index contributed by atoms with van der Waals surface area (Å²) >= 11 is 0. The van der Waals surface area contributed by atoms with E-state index in [1.807, 2.05) is 27.7 Å². The van der Waals surface area contributed by atoms with E-state index in [4.69, 9.17) is 0 Å². The third-order valence-corrected chi connectivity index (χ3v) is 3.35. The van der Waals surface area contributed by atoms with Crippen molar-refractivity contribution < 1.29 is 9.90 Å². The van der Waals surface area contributed by atoms with Crippen LogP contribution in [0.15, 0.2) is 18.2 Å². The van der Waals surface area contributed by atoms with Crippen molar-refractivity contribution in [3.05, 3.63) is 46.3 Å². The van der Waals surface area contributed by atoms with Crippen LogP contribution in [-0.2, 0) is 6.54 Å². The number of carboxylic acids is 1. The van der Waals surface area contributed by atoms with Gasteiger partial charge in [0.15, 0.2) is 5.69 Å². The molecule has 5 heteroatoms. The lowest BCUT2D eigenvalue weighted by atomic mass is 10.0. The maximum atomic E-state index is 11.2. The zero-order chi connectivity index (χ0) is 14.9. The molecule has 0 amide bonds. The highest BCUT2D eigenvalue weighted by Crippen LogP contribution is 2.20. The summed E-state index contributed by atoms with van der Waals surface area (Å²) in [5.74, 6) is -0.970. The zero-order valence-electron chi connectivity index (χ0n) is 12.2. The summed E-state index contributed by atoms with van der Waals surface area (Å²) in [6.07, 6.45) is 0. The second-order valence-electron chi connectivity index (χ2n) is 5.37. The molecule has 106 valence electrons. The van der Waals surface area contributed by atoms with E-state index in [0.29, 0.717) is 12.2 Å². The molecule has 2 aromatic rings. The second kappa shape index (κ2) is 5.45. The lowest BCUT2D eigenvalue weighted by molar-refractivity contribution is 0.0688. The molecule has 0 fully saturated rings. The van der Waals surface area contributed by atoms with Gasteiger partial charge in [-0.2, -0.15) is 0 Å². The number of benzene rings is 1. The van der Waals surface area contributed by atoms with Crippen LogP contribution in [0.3, 0.4) is 0 Å². The van der Waals surface area contributed by atoms with Crippen LogP contribution in [0.4, 0.5) is 0 Å². The van der Waals surface area contributed by atoms with Gasteiger partial charge in [0.2, 0.25) is 0 Å². The van der Waals surface area contributed by atoms with Crippen LogP contribution in [-0.4, -0.2) is 26.1 Å². The molecular formula is C15H19N3O2. The highest BCUT2D eigenvalue weighted by Gasteiger charge is 2.21. The Morgan fingerprint density at radius 2 is 2.05 bits per heavy atom. The molecule has 0 spiro atoms. The van der Waals surface area contributed by atoms with Crippen molar-refractivity contribution in [1.82, 2.24) is 15.0 Å². The van der Waals surface area contributed by atoms with Gasteiger partial charge in [-0.25, -0.2) is 9.48 Å². The number of aromatic nitrogens is 3. The van der Waals surface area contributed by atoms with Crippen molar-refractivity contribution in [2.24, 2.45) is 0 Å². The molecule has 0 saturated heterocycles. The van der Waals surface area contributed by atoms with Crippen molar-refractivity contribution in [3.63, 3.8) is 0 Å². The number of carbonyl (C=O) groups is 1. The van der Waals surface area contributed by atoms with Crippen LogP contribution in [0.25, 0.3) is 0 Å². The van der Waals surface area contributed by atoms with Gasteiger partial charge in [0.25, 0.3) is 0 Å². The molecular weight excluding hydrogens is 254 g/mol. The van der Waals surface area contributed by atoms with Gasteiger partial charge in [0, 0.05) is 0 Å². The first-order valence-electron chi connectivity index (χ1n) is 6.63. The number of aromatic carboxylic acids is 1. The van der Waals surface area contributed by atoms with E-state index in [-0.39, 0.29) is 11.6 Å². The predicted molar refractivity (Wildman–Crippen MR) is 76.1 cm³/mol. The maximum Gasteiger partial charge on any atom is 0.358 e. The number of hydrogen-bond donors (Lipinski definition) is 1. The van der Waals surface area contributed by atoms with Crippen molar-refractivity contribution >= 4 is 5.97 Å². The van der Waals surface area contributed by atoms with Crippen LogP contribution in [0, 0.1) is 13.8 Å². The average molecular weight is 273 g/mol. The SMILES string of the molecule is Cc1ccc(C)c(Cn2nnc(C(=O)O)c2C(C)C)c1. The molecule has 2 rings (SSSR count). The lowest BCUT2D eigenvalue weighted by Gasteiger charge is -2.12. The van der Waals surface area contributed by atoms with Gasteiger partial charge in [0.1, 0.15) is 0 Å². The monoisotopic (exact) mass is 273 g/mol. The predicted octanol–water partition coefficient (Wildman–Crippen LogP) is 2.76. The molecule has 1 N–H and O–H groups in total. The van der Waals surface area contributed by atoms with E-state index in [9.17, 15) is 9.90 Å². The normalized spacial score (nSPS) is 11.1. The van der Waals surface area contributed by atoms with Gasteiger partial charge in [0.05, 0.1) is 12.2 Å². The fourth-order valence-corrected chi connectivity index (χ4v) is 2.29. The standard InChI is InChI=1S/C15H19N3O2/c1-9(2)14-13(15(19)20)16-17-18(14)8-12-7-10(3)5-6-11(12)4/h5-7,9H,8H2,1-4H3,(H,19,20). The third kappa shape index (κ3) is 2.71. The van der Waals surface area contributed by atoms with Crippen LogP contribution < -0.4 is 0 Å². The number of carboxylic acid groups (broad SMARTS) is 1. The average Bonchev–Trinajstić information content (AvgIpc) is 2.78. The Morgan fingerprint density at radius 1 is 1.35 bits per heavy atom. The molecule has 0 aliphatic carbocycles. The quantitative estimate of drug-likeness (QED) is 0.930. The summed E-state index contributed by atoms with van der Waals surface area (Å²) in [6, 6.07) is 6.22. The topological polar surface area (TPSA) is 68.0 Å².